The van der Waals surface area contributed by atoms with E-state index in [9.17, 15) is 4.79 Å². The van der Waals surface area contributed by atoms with Gasteiger partial charge >= 0.3 is 5.63 Å². The second-order valence-electron chi connectivity index (χ2n) is 6.91. The number of ether oxygens (including phenoxy) is 2. The minimum Gasteiger partial charge on any atom is -0.497 e. The Morgan fingerprint density at radius 3 is 2.71 bits per heavy atom. The number of benzene rings is 2. The van der Waals surface area contributed by atoms with Crippen molar-refractivity contribution < 1.29 is 13.9 Å². The molecule has 0 saturated carbocycles. The van der Waals surface area contributed by atoms with E-state index in [1.54, 1.807) is 13.2 Å². The number of hydrogen-bond acceptors (Lipinski definition) is 5. The van der Waals surface area contributed by atoms with E-state index in [-0.39, 0.29) is 5.63 Å². The third-order valence-corrected chi connectivity index (χ3v) is 5.35. The van der Waals surface area contributed by atoms with Crippen molar-refractivity contribution in [3.8, 4) is 11.5 Å². The molecule has 0 atom stereocenters. The average Bonchev–Trinajstić information content (AvgIpc) is 2.72. The largest absolute Gasteiger partial charge is 0.497 e. The molecular formula is C22H22ClNO4. The number of hydrogen-bond donors (Lipinski definition) is 0. The molecule has 2 aromatic carbocycles. The number of rotatable bonds is 5. The molecule has 0 spiro atoms. The molecular weight excluding hydrogens is 378 g/mol. The molecule has 0 N–H and O–H groups in total. The first-order chi connectivity index (χ1) is 13.6. The molecule has 1 aromatic heterocycles. The lowest BCUT2D eigenvalue weighted by molar-refractivity contribution is 0.289. The summed E-state index contributed by atoms with van der Waals surface area (Å²) in [6.07, 6.45) is 2.87. The standard InChI is InChI=1S/C22H22ClNO4/c1-3-4-5-14-10-20(25)28-21-17(14)11-19(23)22-18(21)12-24(13-27-22)15-6-8-16(26-2)9-7-15/h6-11H,3-5,12-13H2,1-2H3. The van der Waals surface area contributed by atoms with E-state index in [4.69, 9.17) is 25.5 Å². The zero-order valence-electron chi connectivity index (χ0n) is 16.0. The normalized spacial score (nSPS) is 13.3. The highest BCUT2D eigenvalue weighted by atomic mass is 35.5. The highest BCUT2D eigenvalue weighted by molar-refractivity contribution is 6.33. The smallest absolute Gasteiger partial charge is 0.336 e. The van der Waals surface area contributed by atoms with Gasteiger partial charge in [-0.05, 0) is 48.7 Å². The molecule has 1 aliphatic rings. The van der Waals surface area contributed by atoms with Crippen LogP contribution in [0, 0.1) is 0 Å². The van der Waals surface area contributed by atoms with Gasteiger partial charge in [0.2, 0.25) is 0 Å². The van der Waals surface area contributed by atoms with Crippen LogP contribution >= 0.6 is 11.6 Å². The summed E-state index contributed by atoms with van der Waals surface area (Å²) in [7, 11) is 1.64. The molecule has 0 saturated heterocycles. The third kappa shape index (κ3) is 3.42. The van der Waals surface area contributed by atoms with Crippen LogP contribution in [0.5, 0.6) is 11.5 Å². The fourth-order valence-electron chi connectivity index (χ4n) is 3.58. The summed E-state index contributed by atoms with van der Waals surface area (Å²) in [5, 5.41) is 1.43. The molecule has 6 heteroatoms. The van der Waals surface area contributed by atoms with Crippen molar-refractivity contribution in [3.05, 3.63) is 63.0 Å². The maximum Gasteiger partial charge on any atom is 0.336 e. The maximum absolute atomic E-state index is 12.2. The summed E-state index contributed by atoms with van der Waals surface area (Å²) < 4.78 is 16.8. The van der Waals surface area contributed by atoms with Crippen molar-refractivity contribution in [1.82, 2.24) is 0 Å². The van der Waals surface area contributed by atoms with Gasteiger partial charge in [-0.1, -0.05) is 24.9 Å². The Morgan fingerprint density at radius 1 is 1.21 bits per heavy atom. The van der Waals surface area contributed by atoms with Crippen LogP contribution in [0.25, 0.3) is 11.0 Å². The second-order valence-corrected chi connectivity index (χ2v) is 7.31. The van der Waals surface area contributed by atoms with E-state index in [1.807, 2.05) is 30.3 Å². The van der Waals surface area contributed by atoms with E-state index in [2.05, 4.69) is 11.8 Å². The van der Waals surface area contributed by atoms with Crippen molar-refractivity contribution in [2.24, 2.45) is 0 Å². The van der Waals surface area contributed by atoms with Gasteiger partial charge in [0, 0.05) is 17.1 Å². The summed E-state index contributed by atoms with van der Waals surface area (Å²) >= 11 is 6.52. The summed E-state index contributed by atoms with van der Waals surface area (Å²) in [6.45, 7) is 3.03. The van der Waals surface area contributed by atoms with Gasteiger partial charge in [-0.15, -0.1) is 0 Å². The Bertz CT molecular complexity index is 1060. The lowest BCUT2D eigenvalue weighted by Gasteiger charge is -2.31. The highest BCUT2D eigenvalue weighted by Gasteiger charge is 2.25. The molecule has 0 radical (unpaired) electrons. The minimum atomic E-state index is -0.343. The lowest BCUT2D eigenvalue weighted by atomic mass is 10.0. The van der Waals surface area contributed by atoms with E-state index in [0.717, 1.165) is 47.2 Å². The van der Waals surface area contributed by atoms with Crippen molar-refractivity contribution >= 4 is 28.3 Å². The van der Waals surface area contributed by atoms with Gasteiger partial charge in [-0.2, -0.15) is 0 Å². The van der Waals surface area contributed by atoms with Crippen molar-refractivity contribution in [3.63, 3.8) is 0 Å². The van der Waals surface area contributed by atoms with Crippen molar-refractivity contribution in [1.29, 1.82) is 0 Å². The SMILES string of the molecule is CCCCc1cc(=O)oc2c3c(c(Cl)cc12)OCN(c1ccc(OC)cc1)C3. The number of halogens is 1. The predicted octanol–water partition coefficient (Wildman–Crippen LogP) is 5.15. The van der Waals surface area contributed by atoms with E-state index in [1.165, 1.54) is 0 Å². The Balaban J connectivity index is 1.79. The number of methoxy groups -OCH3 is 1. The zero-order valence-corrected chi connectivity index (χ0v) is 16.7. The molecule has 0 bridgehead atoms. The number of nitrogens with zero attached hydrogens (tertiary/aromatic N) is 1. The van der Waals surface area contributed by atoms with Gasteiger partial charge < -0.3 is 18.8 Å². The molecule has 28 heavy (non-hydrogen) atoms. The molecule has 0 amide bonds. The summed E-state index contributed by atoms with van der Waals surface area (Å²) in [5.74, 6) is 1.39. The van der Waals surface area contributed by atoms with Crippen LogP contribution in [0.4, 0.5) is 5.69 Å². The van der Waals surface area contributed by atoms with Crippen LogP contribution in [0.1, 0.15) is 30.9 Å². The third-order valence-electron chi connectivity index (χ3n) is 5.07. The first-order valence-corrected chi connectivity index (χ1v) is 9.78. The molecule has 5 nitrogen and oxygen atoms in total. The van der Waals surface area contributed by atoms with Gasteiger partial charge in [0.1, 0.15) is 17.1 Å². The van der Waals surface area contributed by atoms with Gasteiger partial charge in [0.25, 0.3) is 0 Å². The van der Waals surface area contributed by atoms with Gasteiger partial charge in [-0.25, -0.2) is 4.79 Å². The van der Waals surface area contributed by atoms with E-state index >= 15 is 0 Å². The Kier molecular flexibility index (Phi) is 5.18. The molecule has 4 rings (SSSR count). The maximum atomic E-state index is 12.2. The Morgan fingerprint density at radius 2 is 2.00 bits per heavy atom. The number of unbranched alkanes of at least 4 members (excludes halogenated alkanes) is 1. The summed E-state index contributed by atoms with van der Waals surface area (Å²) in [5.41, 5.74) is 2.99. The number of anilines is 1. The molecule has 0 unspecified atom stereocenters. The van der Waals surface area contributed by atoms with Crippen LogP contribution in [-0.4, -0.2) is 13.8 Å². The average molecular weight is 400 g/mol. The number of fused-ring (bicyclic) bond motifs is 3. The first kappa shape index (κ1) is 18.7. The van der Waals surface area contributed by atoms with Crippen molar-refractivity contribution in [2.45, 2.75) is 32.7 Å². The van der Waals surface area contributed by atoms with Crippen LogP contribution in [0.2, 0.25) is 5.02 Å². The molecule has 0 aliphatic carbocycles. The van der Waals surface area contributed by atoms with Crippen molar-refractivity contribution in [2.75, 3.05) is 18.7 Å². The molecule has 1 aliphatic heterocycles. The Hall–Kier alpha value is -2.66. The van der Waals surface area contributed by atoms with Crippen LogP contribution < -0.4 is 20.0 Å². The second kappa shape index (κ2) is 7.76. The minimum absolute atomic E-state index is 0.343. The highest BCUT2D eigenvalue weighted by Crippen LogP contribution is 2.40. The topological polar surface area (TPSA) is 51.9 Å². The Labute approximate surface area is 168 Å². The van der Waals surface area contributed by atoms with Crippen LogP contribution in [0.3, 0.4) is 0 Å². The van der Waals surface area contributed by atoms with E-state index in [0.29, 0.717) is 29.6 Å². The first-order valence-electron chi connectivity index (χ1n) is 9.40. The van der Waals surface area contributed by atoms with Crippen LogP contribution in [-0.2, 0) is 13.0 Å². The summed E-state index contributed by atoms with van der Waals surface area (Å²) in [6, 6.07) is 11.2. The van der Waals surface area contributed by atoms with Gasteiger partial charge in [0.05, 0.1) is 24.2 Å². The molecule has 2 heterocycles. The molecule has 3 aromatic rings. The van der Waals surface area contributed by atoms with Gasteiger partial charge in [0.15, 0.2) is 6.73 Å². The van der Waals surface area contributed by atoms with Gasteiger partial charge in [-0.3, -0.25) is 0 Å². The zero-order chi connectivity index (χ0) is 19.7. The molecule has 0 fully saturated rings. The fourth-order valence-corrected chi connectivity index (χ4v) is 3.86. The molecule has 146 valence electrons. The van der Waals surface area contributed by atoms with Crippen LogP contribution in [0.15, 0.2) is 45.6 Å². The monoisotopic (exact) mass is 399 g/mol. The lowest BCUT2D eigenvalue weighted by Crippen LogP contribution is -2.32. The van der Waals surface area contributed by atoms with E-state index < -0.39 is 0 Å². The quantitative estimate of drug-likeness (QED) is 0.555. The number of aryl methyl sites for hydroxylation is 1. The predicted molar refractivity (Wildman–Crippen MR) is 111 cm³/mol. The fraction of sp³-hybridized carbons (Fsp3) is 0.318. The summed E-state index contributed by atoms with van der Waals surface area (Å²) in [4.78, 5) is 14.3.